The molecule has 0 bridgehead atoms. The second-order valence-electron chi connectivity index (χ2n) is 24.6. The van der Waals surface area contributed by atoms with Gasteiger partial charge in [0.1, 0.15) is 59.9 Å². The Morgan fingerprint density at radius 2 is 1.17 bits per heavy atom. The number of hydrogen-bond donors (Lipinski definition) is 17. The molecule has 0 saturated carbocycles. The number of hydrogen-bond acceptors (Lipinski definition) is 20. The number of aliphatic carboxylic acids is 5. The van der Waals surface area contributed by atoms with Crippen molar-refractivity contribution in [3.8, 4) is 28.2 Å². The molecule has 9 amide bonds. The molecule has 4 aromatic rings. The third-order valence-corrected chi connectivity index (χ3v) is 18.0. The highest BCUT2D eigenvalue weighted by atomic mass is 32.2. The molecule has 3 aliphatic rings. The Bertz CT molecular complexity index is 4360. The summed E-state index contributed by atoms with van der Waals surface area (Å²) in [7, 11) is 0. The summed E-state index contributed by atoms with van der Waals surface area (Å²) in [5.74, 6) is -20.5. The van der Waals surface area contributed by atoms with Gasteiger partial charge in [-0.05, 0) is 66.1 Å². The zero-order valence-electron chi connectivity index (χ0n) is 56.1. The average Bonchev–Trinajstić information content (AvgIpc) is 1.09. The highest BCUT2D eigenvalue weighted by Crippen LogP contribution is 2.44. The number of thioether (sulfide) groups is 1. The number of phenolic OH excluding ortho intramolecular Hbond substituents is 1. The Hall–Kier alpha value is -12.1. The second kappa shape index (κ2) is 37.4. The van der Waals surface area contributed by atoms with Gasteiger partial charge < -0.3 is 93.5 Å². The van der Waals surface area contributed by atoms with Crippen molar-refractivity contribution in [2.24, 2.45) is 11.7 Å². The van der Waals surface area contributed by atoms with Crippen molar-refractivity contribution in [1.82, 2.24) is 42.5 Å². The molecule has 2 aliphatic heterocycles. The van der Waals surface area contributed by atoms with E-state index in [1.807, 2.05) is 10.6 Å². The number of nitrogens with two attached hydrogens (primary N) is 1. The van der Waals surface area contributed by atoms with Crippen LogP contribution in [0, 0.1) is 17.6 Å². The molecule has 4 aromatic carbocycles. The van der Waals surface area contributed by atoms with Crippen molar-refractivity contribution in [3.05, 3.63) is 142 Å². The fraction of sp³-hybridized carbons (Fsp3) is 0.348. The van der Waals surface area contributed by atoms with Crippen LogP contribution in [-0.4, -0.2) is 197 Å². The number of carboxylic acid groups (broad SMARTS) is 6. The van der Waals surface area contributed by atoms with E-state index in [1.165, 1.54) is 6.07 Å². The number of carboxylic acids is 6. The van der Waals surface area contributed by atoms with Crippen LogP contribution in [0.2, 0.25) is 0 Å². The van der Waals surface area contributed by atoms with E-state index in [2.05, 4.69) is 31.9 Å². The number of amides is 9. The number of phenols is 1. The van der Waals surface area contributed by atoms with E-state index in [-0.39, 0.29) is 71.3 Å². The fourth-order valence-corrected chi connectivity index (χ4v) is 12.4. The number of benzene rings is 5. The lowest BCUT2D eigenvalue weighted by Gasteiger charge is -2.26. The van der Waals surface area contributed by atoms with Crippen molar-refractivity contribution in [2.75, 3.05) is 23.7 Å². The fourth-order valence-electron chi connectivity index (χ4n) is 11.2. The van der Waals surface area contributed by atoms with Gasteiger partial charge in [0.05, 0.1) is 17.2 Å². The molecule has 10 atom stereocenters. The number of anilines is 1. The minimum atomic E-state index is -2.02. The van der Waals surface area contributed by atoms with Crippen LogP contribution in [0.1, 0.15) is 79.8 Å². The monoisotopic (exact) mass is 1500 g/mol. The van der Waals surface area contributed by atoms with E-state index in [4.69, 9.17) is 15.3 Å². The number of aliphatic hydroxyl groups excluding tert-OH is 1. The summed E-state index contributed by atoms with van der Waals surface area (Å²) in [4.78, 5) is 193. The normalized spacial score (nSPS) is 15.6. The Balaban J connectivity index is 0.943. The molecule has 18 N–H and O–H groups in total. The van der Waals surface area contributed by atoms with Crippen molar-refractivity contribution in [2.45, 2.75) is 125 Å². The Labute approximate surface area is 603 Å². The van der Waals surface area contributed by atoms with E-state index < -0.39 is 222 Å². The predicted molar refractivity (Wildman–Crippen MR) is 368 cm³/mol. The predicted octanol–water partition coefficient (Wildman–Crippen LogP) is 1.21. The number of carbonyl (C=O) groups is 14. The van der Waals surface area contributed by atoms with E-state index in [1.54, 1.807) is 67.6 Å². The molecule has 34 nitrogen and oxygen atoms in total. The van der Waals surface area contributed by atoms with Gasteiger partial charge in [0, 0.05) is 91.7 Å². The van der Waals surface area contributed by atoms with Gasteiger partial charge in [0.25, 0.3) is 0 Å². The maximum atomic E-state index is 14.9. The second-order valence-corrected chi connectivity index (χ2v) is 25.9. The maximum absolute atomic E-state index is 14.9. The molecule has 0 spiro atoms. The van der Waals surface area contributed by atoms with Crippen molar-refractivity contribution < 1.29 is 121 Å². The zero-order valence-corrected chi connectivity index (χ0v) is 56.9. The third kappa shape index (κ3) is 22.7. The van der Waals surface area contributed by atoms with Crippen LogP contribution < -0.4 is 58.6 Å². The van der Waals surface area contributed by atoms with Gasteiger partial charge >= 0.3 is 41.8 Å². The van der Waals surface area contributed by atoms with Gasteiger partial charge in [-0.3, -0.25) is 52.8 Å². The molecule has 7 rings (SSSR count). The SMILES string of the molecule is CC(CCNC(=O)CC[C@H](NC(=O)NC(CCC(=O)O)C(=O)O)C(=O)O)CC(=O)N[C@@H](Cc1ccccc1)C(=O)NC(Cc1ccccc1)C(=O)NC[C@H](N)C(=O)N[C@@H](CC(=O)O)C(=O)N[C@@H](CSC1CC(=O)N(c2ccc(-c3c4cc(F)c(=O)cc-4oc4cc(O)c(F)cc34)c(C(=O)O)c2)C1O)C(=O)O. The highest BCUT2D eigenvalue weighted by Gasteiger charge is 2.42. The summed E-state index contributed by atoms with van der Waals surface area (Å²) in [6, 6.07) is 10.2. The lowest BCUT2D eigenvalue weighted by molar-refractivity contribution is -0.143. The summed E-state index contributed by atoms with van der Waals surface area (Å²) in [6.07, 6.45) is -5.64. The molecule has 106 heavy (non-hydrogen) atoms. The quantitative estimate of drug-likeness (QED) is 0.0242. The van der Waals surface area contributed by atoms with E-state index in [0.717, 1.165) is 41.3 Å². The molecule has 0 radical (unpaired) electrons. The topological polar surface area (TPSA) is 557 Å². The van der Waals surface area contributed by atoms with Crippen LogP contribution in [-0.2, 0) is 70.4 Å². The standard InChI is InChI=1S/C69H74F2N10O24S/c1-32(18-19-73-54(84)16-14-43(66(98)99)79-69(104)80-44(67(100)101)15-17-57(87)88)20-55(85)75-46(22-34-10-6-3-7-11-34)62(93)77-45(21-33-8-4-2-5-9-33)61(92)74-30-42(72)60(91)76-47(26-58(89)90)63(94)78-48(68(102)103)31-106-53-29-56(86)81(64(53)95)35-12-13-36(37(23-35)65(96)97)59-38-24-40(70)49(82)27-51(38)105-52-28-50(83)41(71)25-39(52)59/h2-13,23-25,27-28,32,42-48,53,64,82,95H,14-22,26,29-31,72H2,1H3,(H,73,84)(H,74,92)(H,75,85)(H,76,91)(H,77,93)(H,78,94)(H,87,88)(H,89,90)(H,96,97)(H,98,99)(H,100,101)(H,102,103)(H2,79,80,104)/t32?,42-,43-,44?,45?,46-,47-,48-,53?,64?/m0/s1. The first-order valence-corrected chi connectivity index (χ1v) is 33.6. The number of carbonyl (C=O) groups excluding carboxylic acids is 8. The lowest BCUT2D eigenvalue weighted by Crippen LogP contribution is -2.58. The Kier molecular flexibility index (Phi) is 28.6. The van der Waals surface area contributed by atoms with E-state index in [0.29, 0.717) is 22.9 Å². The van der Waals surface area contributed by atoms with Crippen molar-refractivity contribution in [3.63, 3.8) is 0 Å². The molecule has 37 heteroatoms. The number of urea groups is 1. The summed E-state index contributed by atoms with van der Waals surface area (Å²) in [5, 5.41) is 97.2. The highest BCUT2D eigenvalue weighted by molar-refractivity contribution is 8.00. The van der Waals surface area contributed by atoms with E-state index >= 15 is 0 Å². The van der Waals surface area contributed by atoms with Crippen LogP contribution >= 0.6 is 11.8 Å². The van der Waals surface area contributed by atoms with Crippen LogP contribution in [0.3, 0.4) is 0 Å². The molecular formula is C69H74F2N10O24S. The van der Waals surface area contributed by atoms with Crippen LogP contribution in [0.15, 0.2) is 112 Å². The van der Waals surface area contributed by atoms with E-state index in [9.17, 15) is 116 Å². The first-order valence-electron chi connectivity index (χ1n) is 32.5. The van der Waals surface area contributed by atoms with Gasteiger partial charge in [0.2, 0.25) is 46.8 Å². The van der Waals surface area contributed by atoms with Crippen LogP contribution in [0.5, 0.6) is 5.75 Å². The Morgan fingerprint density at radius 1 is 0.594 bits per heavy atom. The van der Waals surface area contributed by atoms with Gasteiger partial charge in [-0.1, -0.05) is 73.7 Å². The summed E-state index contributed by atoms with van der Waals surface area (Å²) >= 11 is 0.658. The number of aliphatic hydroxyl groups is 1. The first-order chi connectivity index (χ1) is 50.2. The number of nitrogens with zero attached hydrogens (tertiary/aromatic N) is 1. The summed E-state index contributed by atoms with van der Waals surface area (Å²) in [5.41, 5.74) is 4.58. The number of fused-ring (bicyclic) bond motifs is 2. The number of rotatable bonds is 38. The van der Waals surface area contributed by atoms with Crippen molar-refractivity contribution in [1.29, 1.82) is 0 Å². The molecule has 2 heterocycles. The lowest BCUT2D eigenvalue weighted by atomic mass is 9.90. The molecule has 1 saturated heterocycles. The Morgan fingerprint density at radius 3 is 1.75 bits per heavy atom. The number of nitrogens with one attached hydrogen (secondary N) is 8. The van der Waals surface area contributed by atoms with Gasteiger partial charge in [-0.25, -0.2) is 32.8 Å². The number of aromatic carboxylic acids is 1. The molecule has 1 fully saturated rings. The summed E-state index contributed by atoms with van der Waals surface area (Å²) in [6.45, 7) is 0.946. The maximum Gasteiger partial charge on any atom is 0.336 e. The van der Waals surface area contributed by atoms with Gasteiger partial charge in [-0.2, -0.15) is 11.8 Å². The molecule has 1 aliphatic carbocycles. The molecule has 564 valence electrons. The largest absolute Gasteiger partial charge is 0.505 e. The molecule has 5 unspecified atom stereocenters. The number of aromatic hydroxyl groups is 1. The smallest absolute Gasteiger partial charge is 0.336 e. The summed E-state index contributed by atoms with van der Waals surface area (Å²) < 4.78 is 35.4. The van der Waals surface area contributed by atoms with Gasteiger partial charge in [0.15, 0.2) is 17.4 Å². The first kappa shape index (κ1) is 81.2. The third-order valence-electron chi connectivity index (χ3n) is 16.7. The van der Waals surface area contributed by atoms with Crippen molar-refractivity contribution >= 4 is 112 Å². The number of halogens is 2. The molecule has 0 aromatic heterocycles. The van der Waals surface area contributed by atoms with Crippen LogP contribution in [0.25, 0.3) is 33.4 Å². The molecular weight excluding hydrogens is 1420 g/mol. The minimum absolute atomic E-state index is 0.00963. The minimum Gasteiger partial charge on any atom is -0.505 e. The zero-order chi connectivity index (χ0) is 77.8. The average molecular weight is 1500 g/mol. The van der Waals surface area contributed by atoms with Gasteiger partial charge in [-0.15, -0.1) is 0 Å². The van der Waals surface area contributed by atoms with Crippen LogP contribution in [0.4, 0.5) is 19.3 Å².